The fraction of sp³-hybridized carbons (Fsp3) is 0.143. The molecule has 1 aliphatic carbocycles. The molecule has 1 atom stereocenters. The number of Topliss-reactive ketones (excluding diaryl/α,β-unsaturated/α-hetero) is 1. The summed E-state index contributed by atoms with van der Waals surface area (Å²) in [5.41, 5.74) is 2.06. The van der Waals surface area contributed by atoms with Gasteiger partial charge in [0.15, 0.2) is 5.78 Å². The summed E-state index contributed by atoms with van der Waals surface area (Å²) in [6, 6.07) is 18.1. The first-order valence-electron chi connectivity index (χ1n) is 11.2. The van der Waals surface area contributed by atoms with Crippen molar-refractivity contribution in [1.82, 2.24) is 0 Å². The number of halogens is 3. The monoisotopic (exact) mass is 490 g/mol. The number of carbonyl (C=O) groups is 1. The van der Waals surface area contributed by atoms with Crippen molar-refractivity contribution in [3.8, 4) is 0 Å². The Morgan fingerprint density at radius 2 is 1.66 bits per heavy atom. The number of aliphatic hydroxyl groups excluding tert-OH is 1. The van der Waals surface area contributed by atoms with Gasteiger partial charge < -0.3 is 5.11 Å². The van der Waals surface area contributed by atoms with Crippen LogP contribution in [0.5, 0.6) is 0 Å². The minimum Gasteiger partial charge on any atom is -0.507 e. The highest BCUT2D eigenvalue weighted by molar-refractivity contribution is 6.30. The number of anilines is 1. The highest BCUT2D eigenvalue weighted by atomic mass is 35.5. The normalized spacial score (nSPS) is 19.6. The van der Waals surface area contributed by atoms with Crippen LogP contribution in [0.3, 0.4) is 0 Å². The van der Waals surface area contributed by atoms with Gasteiger partial charge in [-0.1, -0.05) is 29.8 Å². The molecule has 2 N–H and O–H groups in total. The van der Waals surface area contributed by atoms with E-state index in [1.165, 1.54) is 30.3 Å². The first kappa shape index (κ1) is 23.0. The average Bonchev–Trinajstić information content (AvgIpc) is 2.85. The molecule has 1 heterocycles. The second kappa shape index (κ2) is 9.12. The lowest BCUT2D eigenvalue weighted by atomic mass is 9.73. The van der Waals surface area contributed by atoms with Gasteiger partial charge in [0.2, 0.25) is 0 Å². The second-order valence-corrected chi connectivity index (χ2v) is 8.96. The Morgan fingerprint density at radius 1 is 0.971 bits per heavy atom. The van der Waals surface area contributed by atoms with Crippen LogP contribution in [0, 0.1) is 17.0 Å². The van der Waals surface area contributed by atoms with Crippen molar-refractivity contribution < 1.29 is 18.7 Å². The Bertz CT molecular complexity index is 1400. The second-order valence-electron chi connectivity index (χ2n) is 8.52. The Labute approximate surface area is 206 Å². The van der Waals surface area contributed by atoms with Crippen molar-refractivity contribution in [2.75, 3.05) is 4.90 Å². The molecule has 1 aliphatic heterocycles. The number of ketones is 1. The number of carbonyl (C=O) groups excluding carboxylic acids is 1. The lowest BCUT2D eigenvalue weighted by Gasteiger charge is -2.41. The van der Waals surface area contributed by atoms with Crippen molar-refractivity contribution in [3.63, 3.8) is 0 Å². The zero-order valence-electron chi connectivity index (χ0n) is 18.6. The van der Waals surface area contributed by atoms with Crippen molar-refractivity contribution >= 4 is 34.7 Å². The zero-order valence-corrected chi connectivity index (χ0v) is 19.3. The van der Waals surface area contributed by atoms with Gasteiger partial charge >= 0.3 is 0 Å². The van der Waals surface area contributed by atoms with Crippen LogP contribution >= 0.6 is 11.6 Å². The first-order valence-corrected chi connectivity index (χ1v) is 11.6. The summed E-state index contributed by atoms with van der Waals surface area (Å²) in [4.78, 5) is 14.9. The van der Waals surface area contributed by atoms with E-state index < -0.39 is 17.6 Å². The average molecular weight is 491 g/mol. The Morgan fingerprint density at radius 3 is 2.34 bits per heavy atom. The van der Waals surface area contributed by atoms with Gasteiger partial charge in [-0.15, -0.1) is 0 Å². The summed E-state index contributed by atoms with van der Waals surface area (Å²) < 4.78 is 28.9. The molecule has 0 amide bonds. The molecule has 5 rings (SSSR count). The maximum atomic E-state index is 15.2. The number of aliphatic hydroxyl groups is 1. The lowest BCUT2D eigenvalue weighted by molar-refractivity contribution is -0.116. The van der Waals surface area contributed by atoms with Gasteiger partial charge in [0, 0.05) is 51.0 Å². The SMILES string of the molecule is N=C1/C(=C(/O)c2ccc(Cl)cc2)C(c2ccccc2F)C2=C(CCCC2=O)N1c1ccc(F)cc1. The number of nitrogens with zero attached hydrogens (tertiary/aromatic N) is 1. The van der Waals surface area contributed by atoms with Crippen LogP contribution in [0.15, 0.2) is 89.6 Å². The van der Waals surface area contributed by atoms with Gasteiger partial charge in [0.25, 0.3) is 0 Å². The molecule has 0 aromatic heterocycles. The molecular formula is C28H21ClF2N2O2. The third kappa shape index (κ3) is 4.04. The molecule has 0 spiro atoms. The summed E-state index contributed by atoms with van der Waals surface area (Å²) in [7, 11) is 0. The molecule has 176 valence electrons. The van der Waals surface area contributed by atoms with Crippen LogP contribution in [0.1, 0.15) is 36.3 Å². The maximum Gasteiger partial charge on any atom is 0.161 e. The number of allylic oxidation sites excluding steroid dienone is 2. The topological polar surface area (TPSA) is 64.4 Å². The summed E-state index contributed by atoms with van der Waals surface area (Å²) >= 11 is 6.02. The van der Waals surface area contributed by atoms with E-state index in [-0.39, 0.29) is 34.9 Å². The maximum absolute atomic E-state index is 15.2. The predicted octanol–water partition coefficient (Wildman–Crippen LogP) is 7.18. The van der Waals surface area contributed by atoms with Gasteiger partial charge in [0.05, 0.1) is 0 Å². The number of amidine groups is 1. The van der Waals surface area contributed by atoms with Crippen LogP contribution in [-0.4, -0.2) is 16.7 Å². The first-order chi connectivity index (χ1) is 16.9. The Hall–Kier alpha value is -3.77. The molecule has 1 unspecified atom stereocenters. The lowest BCUT2D eigenvalue weighted by Crippen LogP contribution is -2.42. The molecule has 0 bridgehead atoms. The number of benzene rings is 3. The van der Waals surface area contributed by atoms with Gasteiger partial charge in [-0.2, -0.15) is 0 Å². The quantitative estimate of drug-likeness (QED) is 0.382. The van der Waals surface area contributed by atoms with Crippen LogP contribution in [0.4, 0.5) is 14.5 Å². The third-order valence-electron chi connectivity index (χ3n) is 6.43. The van der Waals surface area contributed by atoms with E-state index in [0.717, 1.165) is 0 Å². The summed E-state index contributed by atoms with van der Waals surface area (Å²) in [5.74, 6) is -2.47. The number of hydrogen-bond donors (Lipinski definition) is 2. The zero-order chi connectivity index (χ0) is 24.7. The van der Waals surface area contributed by atoms with Crippen molar-refractivity contribution in [2.45, 2.75) is 25.2 Å². The molecule has 3 aromatic carbocycles. The predicted molar refractivity (Wildman–Crippen MR) is 133 cm³/mol. The molecule has 0 saturated heterocycles. The summed E-state index contributed by atoms with van der Waals surface area (Å²) in [6.07, 6.45) is 1.35. The van der Waals surface area contributed by atoms with Crippen molar-refractivity contribution in [2.24, 2.45) is 0 Å². The molecule has 0 radical (unpaired) electrons. The minimum absolute atomic E-state index is 0.0933. The Balaban J connectivity index is 1.84. The van der Waals surface area contributed by atoms with Gasteiger partial charge in [0.1, 0.15) is 23.2 Å². The molecule has 7 heteroatoms. The number of nitrogens with one attached hydrogen (secondary N) is 1. The molecular weight excluding hydrogens is 470 g/mol. The van der Waals surface area contributed by atoms with Gasteiger partial charge in [-0.3, -0.25) is 15.1 Å². The van der Waals surface area contributed by atoms with E-state index in [1.807, 2.05) is 0 Å². The summed E-state index contributed by atoms with van der Waals surface area (Å²) in [5, 5.41) is 21.1. The van der Waals surface area contributed by atoms with Crippen LogP contribution in [-0.2, 0) is 4.79 Å². The van der Waals surface area contributed by atoms with Crippen LogP contribution in [0.25, 0.3) is 5.76 Å². The minimum atomic E-state index is -0.973. The molecule has 3 aromatic rings. The van der Waals surface area contributed by atoms with E-state index in [0.29, 0.717) is 40.4 Å². The fourth-order valence-corrected chi connectivity index (χ4v) is 4.98. The molecule has 2 aliphatic rings. The van der Waals surface area contributed by atoms with E-state index >= 15 is 4.39 Å². The largest absolute Gasteiger partial charge is 0.507 e. The number of hydrogen-bond acceptors (Lipinski definition) is 3. The molecule has 35 heavy (non-hydrogen) atoms. The third-order valence-corrected chi connectivity index (χ3v) is 6.68. The van der Waals surface area contributed by atoms with Crippen molar-refractivity contribution in [1.29, 1.82) is 5.41 Å². The van der Waals surface area contributed by atoms with E-state index in [9.17, 15) is 19.7 Å². The number of rotatable bonds is 3. The van der Waals surface area contributed by atoms with Gasteiger partial charge in [-0.05, 0) is 67.4 Å². The van der Waals surface area contributed by atoms with E-state index in [1.54, 1.807) is 47.4 Å². The standard InChI is InChI=1S/C28H21ClF2N2O2/c29-17-10-8-16(9-11-17)27(35)26-24(20-4-1-2-5-21(20)31)25-22(6-3-7-23(25)34)33(28(26)32)19-14-12-18(30)13-15-19/h1-2,4-5,8-15,24,32,35H,3,6-7H2/b27-26+,32-28?. The van der Waals surface area contributed by atoms with E-state index in [4.69, 9.17) is 11.6 Å². The smallest absolute Gasteiger partial charge is 0.161 e. The highest BCUT2D eigenvalue weighted by Gasteiger charge is 2.44. The van der Waals surface area contributed by atoms with Crippen LogP contribution in [0.2, 0.25) is 5.02 Å². The highest BCUT2D eigenvalue weighted by Crippen LogP contribution is 2.48. The molecule has 0 saturated carbocycles. The van der Waals surface area contributed by atoms with Crippen molar-refractivity contribution in [3.05, 3.63) is 117 Å². The van der Waals surface area contributed by atoms with Crippen LogP contribution < -0.4 is 4.90 Å². The van der Waals surface area contributed by atoms with Gasteiger partial charge in [-0.25, -0.2) is 8.78 Å². The molecule has 0 fully saturated rings. The molecule has 4 nitrogen and oxygen atoms in total. The van der Waals surface area contributed by atoms with E-state index in [2.05, 4.69) is 0 Å². The Kier molecular flexibility index (Phi) is 5.99. The fourth-order valence-electron chi connectivity index (χ4n) is 4.85. The summed E-state index contributed by atoms with van der Waals surface area (Å²) in [6.45, 7) is 0.